The van der Waals surface area contributed by atoms with E-state index < -0.39 is 11.9 Å². The van der Waals surface area contributed by atoms with Gasteiger partial charge in [-0.25, -0.2) is 0 Å². The molecule has 3 N–H and O–H groups in total. The van der Waals surface area contributed by atoms with E-state index in [1.54, 1.807) is 12.1 Å². The number of carbonyl (C=O) groups excluding carboxylic acids is 2. The van der Waals surface area contributed by atoms with Crippen molar-refractivity contribution in [1.82, 2.24) is 5.32 Å². The predicted molar refractivity (Wildman–Crippen MR) is 93.3 cm³/mol. The van der Waals surface area contributed by atoms with Crippen molar-refractivity contribution in [3.63, 3.8) is 0 Å². The molecule has 0 unspecified atom stereocenters. The Morgan fingerprint density at radius 3 is 2.42 bits per heavy atom. The number of benzene rings is 2. The molecule has 2 aromatic rings. The Morgan fingerprint density at radius 2 is 1.79 bits per heavy atom. The average molecular weight is 322 g/mol. The van der Waals surface area contributed by atoms with Gasteiger partial charge in [0.1, 0.15) is 6.04 Å². The van der Waals surface area contributed by atoms with E-state index in [1.807, 2.05) is 18.2 Å². The van der Waals surface area contributed by atoms with Crippen LogP contribution in [-0.2, 0) is 9.59 Å². The van der Waals surface area contributed by atoms with E-state index in [0.29, 0.717) is 5.56 Å². The first kappa shape index (κ1) is 16.2. The molecule has 3 atom stereocenters. The van der Waals surface area contributed by atoms with Crippen molar-refractivity contribution in [3.05, 3.63) is 70.8 Å². The van der Waals surface area contributed by atoms with Gasteiger partial charge in [-0.3, -0.25) is 9.59 Å². The average Bonchev–Trinajstić information content (AvgIpc) is 3.36. The van der Waals surface area contributed by atoms with Gasteiger partial charge in [-0.15, -0.1) is 0 Å². The minimum Gasteiger partial charge on any atom is -0.368 e. The van der Waals surface area contributed by atoms with E-state index in [2.05, 4.69) is 37.4 Å². The lowest BCUT2D eigenvalue weighted by molar-refractivity contribution is -0.128. The van der Waals surface area contributed by atoms with Gasteiger partial charge in [0.2, 0.25) is 11.8 Å². The van der Waals surface area contributed by atoms with E-state index >= 15 is 0 Å². The van der Waals surface area contributed by atoms with Crippen molar-refractivity contribution < 1.29 is 9.59 Å². The Hall–Kier alpha value is -2.62. The van der Waals surface area contributed by atoms with Crippen LogP contribution in [0.4, 0.5) is 0 Å². The van der Waals surface area contributed by atoms with Crippen molar-refractivity contribution >= 4 is 11.8 Å². The summed E-state index contributed by atoms with van der Waals surface area (Å²) in [5, 5.41) is 2.81. The topological polar surface area (TPSA) is 72.2 Å². The van der Waals surface area contributed by atoms with Gasteiger partial charge in [0.15, 0.2) is 0 Å². The molecule has 0 aromatic heterocycles. The number of nitrogens with one attached hydrogen (secondary N) is 1. The van der Waals surface area contributed by atoms with Gasteiger partial charge in [0, 0.05) is 5.92 Å². The van der Waals surface area contributed by atoms with Crippen molar-refractivity contribution in [2.45, 2.75) is 32.2 Å². The second-order valence-electron chi connectivity index (χ2n) is 6.55. The summed E-state index contributed by atoms with van der Waals surface area (Å²) in [4.78, 5) is 24.2. The fraction of sp³-hybridized carbons (Fsp3) is 0.300. The van der Waals surface area contributed by atoms with Crippen LogP contribution in [0.25, 0.3) is 0 Å². The third-order valence-corrected chi connectivity index (χ3v) is 4.79. The van der Waals surface area contributed by atoms with Gasteiger partial charge in [0.25, 0.3) is 0 Å². The summed E-state index contributed by atoms with van der Waals surface area (Å²) in [5.41, 5.74) is 9.85. The van der Waals surface area contributed by atoms with Crippen LogP contribution < -0.4 is 11.1 Å². The quantitative estimate of drug-likeness (QED) is 0.888. The molecule has 4 heteroatoms. The zero-order valence-electron chi connectivity index (χ0n) is 14.0. The number of hydrogen-bond acceptors (Lipinski definition) is 2. The van der Waals surface area contributed by atoms with Gasteiger partial charge in [-0.05, 0) is 48.4 Å². The summed E-state index contributed by atoms with van der Waals surface area (Å²) in [6.07, 6.45) is 0.814. The van der Waals surface area contributed by atoms with E-state index in [4.69, 9.17) is 5.73 Å². The van der Waals surface area contributed by atoms with E-state index in [0.717, 1.165) is 6.42 Å². The lowest BCUT2D eigenvalue weighted by atomic mass is 10.0. The standard InChI is InChI=1S/C20H22N2O2/c1-12-8-9-15(10-13(12)2)16-11-17(16)20(24)22-18(19(21)23)14-6-4-3-5-7-14/h3-10,16-18H,11H2,1-2H3,(H2,21,23)(H,22,24)/t16-,17+,18-/m0/s1. The summed E-state index contributed by atoms with van der Waals surface area (Å²) >= 11 is 0. The van der Waals surface area contributed by atoms with Gasteiger partial charge < -0.3 is 11.1 Å². The normalized spacial score (nSPS) is 20.2. The summed E-state index contributed by atoms with van der Waals surface area (Å²) in [7, 11) is 0. The fourth-order valence-corrected chi connectivity index (χ4v) is 3.06. The zero-order valence-corrected chi connectivity index (χ0v) is 14.0. The molecule has 2 aromatic carbocycles. The van der Waals surface area contributed by atoms with E-state index in [9.17, 15) is 9.59 Å². The highest BCUT2D eigenvalue weighted by atomic mass is 16.2. The van der Waals surface area contributed by atoms with E-state index in [-0.39, 0.29) is 17.7 Å². The van der Waals surface area contributed by atoms with Crippen molar-refractivity contribution in [2.75, 3.05) is 0 Å². The van der Waals surface area contributed by atoms with Crippen LogP contribution in [-0.4, -0.2) is 11.8 Å². The second-order valence-corrected chi connectivity index (χ2v) is 6.55. The lowest BCUT2D eigenvalue weighted by Gasteiger charge is -2.16. The Balaban J connectivity index is 1.69. The molecule has 4 nitrogen and oxygen atoms in total. The number of carbonyl (C=O) groups is 2. The summed E-state index contributed by atoms with van der Waals surface area (Å²) in [6.45, 7) is 4.16. The summed E-state index contributed by atoms with van der Waals surface area (Å²) < 4.78 is 0. The van der Waals surface area contributed by atoms with Crippen molar-refractivity contribution in [1.29, 1.82) is 0 Å². The number of primary amides is 1. The molecule has 1 fully saturated rings. The van der Waals surface area contributed by atoms with Crippen LogP contribution in [0.2, 0.25) is 0 Å². The van der Waals surface area contributed by atoms with E-state index in [1.165, 1.54) is 16.7 Å². The number of aryl methyl sites for hydroxylation is 2. The molecule has 0 heterocycles. The van der Waals surface area contributed by atoms with Crippen LogP contribution in [0.1, 0.15) is 40.6 Å². The highest BCUT2D eigenvalue weighted by Crippen LogP contribution is 2.48. The predicted octanol–water partition coefficient (Wildman–Crippen LogP) is 2.75. The Morgan fingerprint density at radius 1 is 1.08 bits per heavy atom. The fourth-order valence-electron chi connectivity index (χ4n) is 3.06. The monoisotopic (exact) mass is 322 g/mol. The molecule has 0 aliphatic heterocycles. The van der Waals surface area contributed by atoms with Crippen LogP contribution in [0, 0.1) is 19.8 Å². The maximum atomic E-state index is 12.5. The molecule has 24 heavy (non-hydrogen) atoms. The van der Waals surface area contributed by atoms with Gasteiger partial charge in [-0.1, -0.05) is 48.5 Å². The molecule has 2 amide bonds. The van der Waals surface area contributed by atoms with Gasteiger partial charge in [-0.2, -0.15) is 0 Å². The lowest BCUT2D eigenvalue weighted by Crippen LogP contribution is -2.38. The van der Waals surface area contributed by atoms with Crippen LogP contribution in [0.15, 0.2) is 48.5 Å². The summed E-state index contributed by atoms with van der Waals surface area (Å²) in [5.74, 6) is -0.505. The molecule has 1 aliphatic carbocycles. The maximum absolute atomic E-state index is 12.5. The Kier molecular flexibility index (Phi) is 4.38. The number of rotatable bonds is 5. The van der Waals surface area contributed by atoms with Crippen molar-refractivity contribution in [2.24, 2.45) is 11.7 Å². The number of amides is 2. The van der Waals surface area contributed by atoms with Crippen LogP contribution in [0.3, 0.4) is 0 Å². The third-order valence-electron chi connectivity index (χ3n) is 4.79. The summed E-state index contributed by atoms with van der Waals surface area (Å²) in [6, 6.07) is 14.7. The second kappa shape index (κ2) is 6.48. The molecule has 124 valence electrons. The molecule has 0 spiro atoms. The highest BCUT2D eigenvalue weighted by molar-refractivity contribution is 5.90. The Bertz CT molecular complexity index is 770. The molecule has 0 bridgehead atoms. The SMILES string of the molecule is Cc1ccc([C@@H]2C[C@H]2C(=O)N[C@H](C(N)=O)c2ccccc2)cc1C. The zero-order chi connectivity index (χ0) is 17.3. The highest BCUT2D eigenvalue weighted by Gasteiger charge is 2.44. The maximum Gasteiger partial charge on any atom is 0.244 e. The smallest absolute Gasteiger partial charge is 0.244 e. The molecular weight excluding hydrogens is 300 g/mol. The molecule has 0 radical (unpaired) electrons. The number of nitrogens with two attached hydrogens (primary N) is 1. The third kappa shape index (κ3) is 3.32. The Labute approximate surface area is 142 Å². The first-order chi connectivity index (χ1) is 11.5. The molecule has 1 aliphatic rings. The molecular formula is C20H22N2O2. The van der Waals surface area contributed by atoms with Crippen molar-refractivity contribution in [3.8, 4) is 0 Å². The van der Waals surface area contributed by atoms with Gasteiger partial charge in [0.05, 0.1) is 0 Å². The minimum absolute atomic E-state index is 0.0855. The number of hydrogen-bond donors (Lipinski definition) is 2. The molecule has 3 rings (SSSR count). The van der Waals surface area contributed by atoms with Crippen LogP contribution in [0.5, 0.6) is 0 Å². The first-order valence-electron chi connectivity index (χ1n) is 8.19. The molecule has 0 saturated heterocycles. The minimum atomic E-state index is -0.778. The molecule has 1 saturated carbocycles. The van der Waals surface area contributed by atoms with Crippen LogP contribution >= 0.6 is 0 Å². The van der Waals surface area contributed by atoms with Gasteiger partial charge >= 0.3 is 0 Å². The largest absolute Gasteiger partial charge is 0.368 e. The first-order valence-corrected chi connectivity index (χ1v) is 8.19.